The summed E-state index contributed by atoms with van der Waals surface area (Å²) in [5, 5.41) is 22.4. The fourth-order valence-electron chi connectivity index (χ4n) is 12.0. The molecule has 0 aromatic rings. The van der Waals surface area contributed by atoms with Gasteiger partial charge in [-0.05, 0) is 116 Å². The Kier molecular flexibility index (Phi) is 11.7. The summed E-state index contributed by atoms with van der Waals surface area (Å²) < 4.78 is 24.5. The summed E-state index contributed by atoms with van der Waals surface area (Å²) >= 11 is 0. The fraction of sp³-hybridized carbons (Fsp3) is 0.925. The third-order valence-electron chi connectivity index (χ3n) is 13.1. The molecule has 8 saturated carbocycles. The molecule has 6 unspecified atom stereocenters. The molecule has 9 heteroatoms. The van der Waals surface area contributed by atoms with E-state index in [2.05, 4.69) is 0 Å². The molecule has 284 valence electrons. The van der Waals surface area contributed by atoms with E-state index in [1.54, 1.807) is 0 Å². The molecular formula is C40H70O9. The standard InChI is InChI=1S/C36H54O9.4CH4/c1-5-31(4,18-30(2,3)27(37)44-36-17-25-13-33(40,21-36)20-34(41,14-25)22-36)28(38)45-35-15-23-10-24(16-35)12-32(11-23,19-35)29(39)43-26-8-6-7-9-42-26;;;;/h23-26,40-41H,5-22H2,1-4H3;4*1H4. The van der Waals surface area contributed by atoms with E-state index >= 15 is 0 Å². The summed E-state index contributed by atoms with van der Waals surface area (Å²) in [4.78, 5) is 41.7. The fourth-order valence-corrected chi connectivity index (χ4v) is 12.0. The Morgan fingerprint density at radius 1 is 0.735 bits per heavy atom. The van der Waals surface area contributed by atoms with Crippen LogP contribution in [0.25, 0.3) is 0 Å². The van der Waals surface area contributed by atoms with E-state index in [1.807, 2.05) is 27.7 Å². The zero-order valence-corrected chi connectivity index (χ0v) is 27.8. The lowest BCUT2D eigenvalue weighted by Gasteiger charge is -2.62. The van der Waals surface area contributed by atoms with E-state index in [0.717, 1.165) is 51.4 Å². The van der Waals surface area contributed by atoms with Gasteiger partial charge in [0.1, 0.15) is 11.2 Å². The Morgan fingerprint density at radius 2 is 1.31 bits per heavy atom. The smallest absolute Gasteiger partial charge is 0.314 e. The van der Waals surface area contributed by atoms with Crippen LogP contribution in [0.2, 0.25) is 0 Å². The highest BCUT2D eigenvalue weighted by molar-refractivity contribution is 5.81. The van der Waals surface area contributed by atoms with Gasteiger partial charge >= 0.3 is 17.9 Å². The highest BCUT2D eigenvalue weighted by Gasteiger charge is 2.66. The van der Waals surface area contributed by atoms with Crippen LogP contribution in [0.15, 0.2) is 0 Å². The van der Waals surface area contributed by atoms with Crippen molar-refractivity contribution in [3.8, 4) is 0 Å². The van der Waals surface area contributed by atoms with Crippen molar-refractivity contribution in [3.63, 3.8) is 0 Å². The second kappa shape index (κ2) is 13.7. The molecule has 2 N–H and O–H groups in total. The second-order valence-corrected chi connectivity index (χ2v) is 18.0. The molecule has 8 bridgehead atoms. The molecule has 1 aliphatic heterocycles. The lowest BCUT2D eigenvalue weighted by Crippen LogP contribution is -2.67. The van der Waals surface area contributed by atoms with Gasteiger partial charge in [0.05, 0.1) is 34.1 Å². The first-order valence-corrected chi connectivity index (χ1v) is 17.7. The molecule has 0 aromatic carbocycles. The van der Waals surface area contributed by atoms with Crippen LogP contribution < -0.4 is 0 Å². The van der Waals surface area contributed by atoms with Gasteiger partial charge < -0.3 is 29.2 Å². The molecule has 0 radical (unpaired) electrons. The molecule has 0 spiro atoms. The zero-order valence-electron chi connectivity index (χ0n) is 27.8. The summed E-state index contributed by atoms with van der Waals surface area (Å²) in [5.74, 6) is -0.119. The Labute approximate surface area is 296 Å². The molecule has 9 fully saturated rings. The van der Waals surface area contributed by atoms with Crippen molar-refractivity contribution in [2.24, 2.45) is 34.0 Å². The predicted molar refractivity (Wildman–Crippen MR) is 189 cm³/mol. The first-order chi connectivity index (χ1) is 21.0. The van der Waals surface area contributed by atoms with Crippen molar-refractivity contribution < 1.29 is 43.5 Å². The lowest BCUT2D eigenvalue weighted by atomic mass is 9.48. The lowest BCUT2D eigenvalue weighted by molar-refractivity contribution is -0.264. The number of hydrogen-bond acceptors (Lipinski definition) is 9. The number of rotatable bonds is 9. The number of carbonyl (C=O) groups is 3. The van der Waals surface area contributed by atoms with E-state index in [-0.39, 0.29) is 54.0 Å². The molecular weight excluding hydrogens is 624 g/mol. The van der Waals surface area contributed by atoms with E-state index in [9.17, 15) is 24.6 Å². The van der Waals surface area contributed by atoms with Crippen molar-refractivity contribution in [2.75, 3.05) is 6.61 Å². The van der Waals surface area contributed by atoms with Gasteiger partial charge in [-0.15, -0.1) is 0 Å². The second-order valence-electron chi connectivity index (χ2n) is 18.0. The maximum atomic E-state index is 14.2. The summed E-state index contributed by atoms with van der Waals surface area (Å²) in [7, 11) is 0. The average Bonchev–Trinajstić information content (AvgIpc) is 2.90. The van der Waals surface area contributed by atoms with Gasteiger partial charge in [0, 0.05) is 32.1 Å². The highest BCUT2D eigenvalue weighted by Crippen LogP contribution is 2.64. The van der Waals surface area contributed by atoms with Crippen LogP contribution in [0.4, 0.5) is 0 Å². The Balaban J connectivity index is 0.00000163. The van der Waals surface area contributed by atoms with Gasteiger partial charge in [0.25, 0.3) is 0 Å². The van der Waals surface area contributed by atoms with Crippen molar-refractivity contribution in [3.05, 3.63) is 0 Å². The minimum atomic E-state index is -0.995. The van der Waals surface area contributed by atoms with E-state index < -0.39 is 50.9 Å². The molecule has 0 aromatic heterocycles. The number of ether oxygens (including phenoxy) is 4. The molecule has 1 heterocycles. The van der Waals surface area contributed by atoms with Crippen LogP contribution in [0.5, 0.6) is 0 Å². The van der Waals surface area contributed by atoms with Gasteiger partial charge in [0.15, 0.2) is 0 Å². The van der Waals surface area contributed by atoms with Crippen LogP contribution in [0.3, 0.4) is 0 Å². The van der Waals surface area contributed by atoms with Gasteiger partial charge in [-0.25, -0.2) is 0 Å². The molecule has 8 aliphatic carbocycles. The summed E-state index contributed by atoms with van der Waals surface area (Å²) in [6, 6.07) is 0. The number of esters is 3. The first-order valence-electron chi connectivity index (χ1n) is 17.7. The number of hydrogen-bond donors (Lipinski definition) is 2. The predicted octanol–water partition coefficient (Wildman–Crippen LogP) is 8.06. The van der Waals surface area contributed by atoms with Crippen LogP contribution >= 0.6 is 0 Å². The molecule has 9 rings (SSSR count). The van der Waals surface area contributed by atoms with Crippen molar-refractivity contribution in [2.45, 2.75) is 195 Å². The zero-order chi connectivity index (χ0) is 32.1. The molecule has 6 atom stereocenters. The van der Waals surface area contributed by atoms with Gasteiger partial charge in [-0.2, -0.15) is 0 Å². The molecule has 49 heavy (non-hydrogen) atoms. The van der Waals surface area contributed by atoms with Crippen molar-refractivity contribution in [1.29, 1.82) is 0 Å². The topological polar surface area (TPSA) is 129 Å². The monoisotopic (exact) mass is 695 g/mol. The van der Waals surface area contributed by atoms with E-state index in [1.165, 1.54) is 0 Å². The van der Waals surface area contributed by atoms with E-state index in [4.69, 9.17) is 18.9 Å². The van der Waals surface area contributed by atoms with Crippen LogP contribution in [0, 0.1) is 34.0 Å². The van der Waals surface area contributed by atoms with Gasteiger partial charge in [0.2, 0.25) is 6.29 Å². The molecule has 9 nitrogen and oxygen atoms in total. The van der Waals surface area contributed by atoms with Crippen molar-refractivity contribution >= 4 is 17.9 Å². The van der Waals surface area contributed by atoms with Crippen LogP contribution in [0.1, 0.15) is 167 Å². The molecule has 9 aliphatic rings. The number of aliphatic hydroxyl groups is 2. The van der Waals surface area contributed by atoms with Gasteiger partial charge in [-0.3, -0.25) is 14.4 Å². The highest BCUT2D eigenvalue weighted by atomic mass is 16.7. The SMILES string of the molecule is C.C.C.C.CCC(C)(CC(C)(C)C(=O)OC12CC3CC(O)(CC(O)(C3)C1)C2)C(=O)OC12CC3CC(C1)CC(C(=O)OC1CCCCO1)(C3)C2. The first kappa shape index (κ1) is 41.7. The van der Waals surface area contributed by atoms with Gasteiger partial charge in [-0.1, -0.05) is 36.6 Å². The van der Waals surface area contributed by atoms with Crippen LogP contribution in [-0.4, -0.2) is 63.4 Å². The Bertz CT molecular complexity index is 1200. The summed E-state index contributed by atoms with van der Waals surface area (Å²) in [6.07, 6.45) is 10.6. The summed E-state index contributed by atoms with van der Waals surface area (Å²) in [6.45, 7) is 8.09. The third kappa shape index (κ3) is 7.46. The maximum absolute atomic E-state index is 14.2. The number of carbonyl (C=O) groups excluding carboxylic acids is 3. The molecule has 1 saturated heterocycles. The third-order valence-corrected chi connectivity index (χ3v) is 13.1. The summed E-state index contributed by atoms with van der Waals surface area (Å²) in [5.41, 5.74) is -6.12. The Hall–Kier alpha value is -1.71. The normalized spacial score (nSPS) is 42.2. The van der Waals surface area contributed by atoms with E-state index in [0.29, 0.717) is 69.8 Å². The minimum absolute atomic E-state index is 0. The van der Waals surface area contributed by atoms with Crippen molar-refractivity contribution in [1.82, 2.24) is 0 Å². The Morgan fingerprint density at radius 3 is 1.84 bits per heavy atom. The minimum Gasteiger partial charge on any atom is -0.459 e. The largest absolute Gasteiger partial charge is 0.459 e. The molecule has 0 amide bonds. The maximum Gasteiger partial charge on any atom is 0.314 e. The quantitative estimate of drug-likeness (QED) is 0.182. The van der Waals surface area contributed by atoms with Crippen LogP contribution in [-0.2, 0) is 33.3 Å². The average molecular weight is 695 g/mol.